The van der Waals surface area contributed by atoms with E-state index in [-0.39, 0.29) is 16.4 Å². The van der Waals surface area contributed by atoms with Crippen LogP contribution in [0.3, 0.4) is 0 Å². The molecule has 0 fully saturated rings. The van der Waals surface area contributed by atoms with E-state index >= 15 is 0 Å². The van der Waals surface area contributed by atoms with E-state index in [1.165, 1.54) is 17.7 Å². The van der Waals surface area contributed by atoms with Crippen LogP contribution in [0.1, 0.15) is 28.8 Å². The van der Waals surface area contributed by atoms with Crippen molar-refractivity contribution in [3.8, 4) is 0 Å². The smallest absolute Gasteiger partial charge is 0.165 e. The van der Waals surface area contributed by atoms with Gasteiger partial charge >= 0.3 is 0 Å². The minimum atomic E-state index is -0.617. The highest BCUT2D eigenvalue weighted by Crippen LogP contribution is 2.19. The van der Waals surface area contributed by atoms with Crippen LogP contribution in [0.4, 0.5) is 4.39 Å². The largest absolute Gasteiger partial charge is 0.294 e. The number of rotatable bonds is 5. The van der Waals surface area contributed by atoms with Crippen molar-refractivity contribution in [2.45, 2.75) is 19.3 Å². The Bertz CT molecular complexity index is 566. The van der Waals surface area contributed by atoms with E-state index in [1.807, 2.05) is 30.3 Å². The lowest BCUT2D eigenvalue weighted by Crippen LogP contribution is -2.03. The van der Waals surface area contributed by atoms with Gasteiger partial charge < -0.3 is 0 Å². The lowest BCUT2D eigenvalue weighted by atomic mass is 10.0. The first-order valence-electron chi connectivity index (χ1n) is 6.19. The molecule has 0 aliphatic heterocycles. The van der Waals surface area contributed by atoms with Gasteiger partial charge in [0.25, 0.3) is 0 Å². The first kappa shape index (κ1) is 13.8. The van der Waals surface area contributed by atoms with Crippen LogP contribution in [0.25, 0.3) is 0 Å². The molecule has 0 saturated carbocycles. The molecule has 0 aliphatic rings. The van der Waals surface area contributed by atoms with E-state index in [4.69, 9.17) is 11.6 Å². The van der Waals surface area contributed by atoms with Gasteiger partial charge in [0.05, 0.1) is 10.6 Å². The summed E-state index contributed by atoms with van der Waals surface area (Å²) in [5, 5.41) is -0.00564. The number of benzene rings is 2. The second-order valence-electron chi connectivity index (χ2n) is 4.36. The maximum absolute atomic E-state index is 13.6. The Kier molecular flexibility index (Phi) is 4.69. The highest BCUT2D eigenvalue weighted by atomic mass is 35.5. The first-order valence-corrected chi connectivity index (χ1v) is 6.57. The number of Topliss-reactive ketones (excluding diaryl/α,β-unsaturated/α-hetero) is 1. The van der Waals surface area contributed by atoms with E-state index in [0.29, 0.717) is 12.8 Å². The number of carbonyl (C=O) groups excluding carboxylic acids is 1. The summed E-state index contributed by atoms with van der Waals surface area (Å²) >= 11 is 5.66. The zero-order valence-corrected chi connectivity index (χ0v) is 11.2. The van der Waals surface area contributed by atoms with Crippen molar-refractivity contribution in [2.75, 3.05) is 0 Å². The molecular weight excluding hydrogens is 263 g/mol. The second kappa shape index (κ2) is 6.48. The normalized spacial score (nSPS) is 10.4. The van der Waals surface area contributed by atoms with Gasteiger partial charge in [-0.15, -0.1) is 0 Å². The summed E-state index contributed by atoms with van der Waals surface area (Å²) in [6.07, 6.45) is 1.84. The van der Waals surface area contributed by atoms with E-state index in [2.05, 4.69) is 0 Å². The first-order chi connectivity index (χ1) is 9.18. The molecular formula is C16H14ClFO. The minimum absolute atomic E-state index is 0.00564. The van der Waals surface area contributed by atoms with Gasteiger partial charge in [-0.2, -0.15) is 0 Å². The molecule has 0 N–H and O–H groups in total. The third kappa shape index (κ3) is 3.65. The van der Waals surface area contributed by atoms with Crippen LogP contribution in [-0.4, -0.2) is 5.78 Å². The summed E-state index contributed by atoms with van der Waals surface area (Å²) in [5.74, 6) is -0.815. The number of ketones is 1. The Hall–Kier alpha value is -1.67. The molecule has 0 bridgehead atoms. The van der Waals surface area contributed by atoms with Crippen molar-refractivity contribution in [1.29, 1.82) is 0 Å². The van der Waals surface area contributed by atoms with Crippen LogP contribution in [0.2, 0.25) is 5.02 Å². The highest BCUT2D eigenvalue weighted by Gasteiger charge is 2.13. The summed E-state index contributed by atoms with van der Waals surface area (Å²) in [6.45, 7) is 0. The van der Waals surface area contributed by atoms with Gasteiger partial charge in [-0.25, -0.2) is 4.39 Å². The molecule has 0 amide bonds. The molecule has 0 saturated heterocycles. The average Bonchev–Trinajstić information content (AvgIpc) is 2.43. The van der Waals surface area contributed by atoms with Gasteiger partial charge in [-0.1, -0.05) is 48.0 Å². The van der Waals surface area contributed by atoms with Crippen LogP contribution in [0.15, 0.2) is 48.5 Å². The summed E-state index contributed by atoms with van der Waals surface area (Å²) in [6, 6.07) is 14.4. The van der Waals surface area contributed by atoms with Gasteiger partial charge in [0, 0.05) is 6.42 Å². The molecule has 3 heteroatoms. The number of hydrogen-bond donors (Lipinski definition) is 0. The van der Waals surface area contributed by atoms with Crippen molar-refractivity contribution in [1.82, 2.24) is 0 Å². The lowest BCUT2D eigenvalue weighted by molar-refractivity contribution is 0.0976. The third-order valence-electron chi connectivity index (χ3n) is 2.96. The van der Waals surface area contributed by atoms with Crippen molar-refractivity contribution < 1.29 is 9.18 Å². The van der Waals surface area contributed by atoms with Crippen LogP contribution in [0, 0.1) is 5.82 Å². The Morgan fingerprint density at radius 1 is 1.05 bits per heavy atom. The SMILES string of the molecule is O=C(CCCc1ccccc1)c1cccc(Cl)c1F. The number of aryl methyl sites for hydroxylation is 1. The summed E-state index contributed by atoms with van der Waals surface area (Å²) < 4.78 is 13.6. The Morgan fingerprint density at radius 2 is 1.79 bits per heavy atom. The monoisotopic (exact) mass is 276 g/mol. The lowest BCUT2D eigenvalue weighted by Gasteiger charge is -2.04. The maximum atomic E-state index is 13.6. The molecule has 0 radical (unpaired) electrons. The minimum Gasteiger partial charge on any atom is -0.294 e. The zero-order valence-electron chi connectivity index (χ0n) is 10.4. The van der Waals surface area contributed by atoms with Crippen LogP contribution < -0.4 is 0 Å². The average molecular weight is 277 g/mol. The van der Waals surface area contributed by atoms with Gasteiger partial charge in [0.2, 0.25) is 0 Å². The predicted molar refractivity (Wildman–Crippen MR) is 75.1 cm³/mol. The standard InChI is InChI=1S/C16H14ClFO/c17-14-10-5-9-13(16(14)18)15(19)11-4-8-12-6-2-1-3-7-12/h1-3,5-7,9-10H,4,8,11H2. The van der Waals surface area contributed by atoms with Crippen LogP contribution in [0.5, 0.6) is 0 Å². The number of carbonyl (C=O) groups is 1. The van der Waals surface area contributed by atoms with Crippen molar-refractivity contribution in [3.63, 3.8) is 0 Å². The molecule has 0 atom stereocenters. The fourth-order valence-electron chi connectivity index (χ4n) is 1.95. The van der Waals surface area contributed by atoms with Crippen molar-refractivity contribution in [3.05, 3.63) is 70.5 Å². The Morgan fingerprint density at radius 3 is 2.53 bits per heavy atom. The zero-order chi connectivity index (χ0) is 13.7. The molecule has 2 rings (SSSR count). The van der Waals surface area contributed by atoms with E-state index in [0.717, 1.165) is 6.42 Å². The van der Waals surface area contributed by atoms with Crippen molar-refractivity contribution in [2.24, 2.45) is 0 Å². The molecule has 0 spiro atoms. The van der Waals surface area contributed by atoms with Crippen LogP contribution in [-0.2, 0) is 6.42 Å². The maximum Gasteiger partial charge on any atom is 0.165 e. The molecule has 2 aromatic rings. The molecule has 0 unspecified atom stereocenters. The number of halogens is 2. The molecule has 98 valence electrons. The van der Waals surface area contributed by atoms with E-state index < -0.39 is 5.82 Å². The van der Waals surface area contributed by atoms with Crippen LogP contribution >= 0.6 is 11.6 Å². The summed E-state index contributed by atoms with van der Waals surface area (Å²) in [7, 11) is 0. The Labute approximate surface area is 117 Å². The fourth-order valence-corrected chi connectivity index (χ4v) is 2.13. The fraction of sp³-hybridized carbons (Fsp3) is 0.188. The van der Waals surface area contributed by atoms with Gasteiger partial charge in [0.1, 0.15) is 0 Å². The molecule has 19 heavy (non-hydrogen) atoms. The van der Waals surface area contributed by atoms with Gasteiger partial charge in [0.15, 0.2) is 11.6 Å². The molecule has 1 nitrogen and oxygen atoms in total. The molecule has 0 heterocycles. The van der Waals surface area contributed by atoms with E-state index in [1.54, 1.807) is 6.07 Å². The van der Waals surface area contributed by atoms with Gasteiger partial charge in [-0.05, 0) is 30.5 Å². The highest BCUT2D eigenvalue weighted by molar-refractivity contribution is 6.31. The summed E-state index contributed by atoms with van der Waals surface area (Å²) in [4.78, 5) is 11.9. The summed E-state index contributed by atoms with van der Waals surface area (Å²) in [5.41, 5.74) is 1.27. The predicted octanol–water partition coefficient (Wildman–Crippen LogP) is 4.68. The molecule has 0 aromatic heterocycles. The second-order valence-corrected chi connectivity index (χ2v) is 4.77. The third-order valence-corrected chi connectivity index (χ3v) is 3.26. The molecule has 0 aliphatic carbocycles. The quantitative estimate of drug-likeness (QED) is 0.725. The van der Waals surface area contributed by atoms with E-state index in [9.17, 15) is 9.18 Å². The topological polar surface area (TPSA) is 17.1 Å². The molecule has 2 aromatic carbocycles. The van der Waals surface area contributed by atoms with Gasteiger partial charge in [-0.3, -0.25) is 4.79 Å². The number of hydrogen-bond acceptors (Lipinski definition) is 1. The Balaban J connectivity index is 1.93. The van der Waals surface area contributed by atoms with Crippen molar-refractivity contribution >= 4 is 17.4 Å².